The van der Waals surface area contributed by atoms with E-state index in [1.165, 1.54) is 12.1 Å². The quantitative estimate of drug-likeness (QED) is 0.418. The highest BCUT2D eigenvalue weighted by Crippen LogP contribution is 2.38. The number of carbonyl (C=O) groups excluding carboxylic acids is 2. The van der Waals surface area contributed by atoms with E-state index in [9.17, 15) is 14.0 Å². The van der Waals surface area contributed by atoms with Gasteiger partial charge in [-0.25, -0.2) is 4.39 Å². The molecule has 4 heterocycles. The number of piperidine rings is 1. The van der Waals surface area contributed by atoms with Gasteiger partial charge in [0.2, 0.25) is 0 Å². The van der Waals surface area contributed by atoms with E-state index in [1.54, 1.807) is 6.07 Å². The molecule has 8 heteroatoms. The topological polar surface area (TPSA) is 74.9 Å². The van der Waals surface area contributed by atoms with Crippen molar-refractivity contribution in [1.29, 1.82) is 0 Å². The molecule has 1 atom stereocenters. The molecule has 6 rings (SSSR count). The molecule has 41 heavy (non-hydrogen) atoms. The summed E-state index contributed by atoms with van der Waals surface area (Å²) in [4.78, 5) is 34.1. The molecule has 1 aromatic heterocycles. The van der Waals surface area contributed by atoms with Gasteiger partial charge < -0.3 is 24.3 Å². The first-order valence-electron chi connectivity index (χ1n) is 15.2. The highest BCUT2D eigenvalue weighted by molar-refractivity contribution is 6.01. The fourth-order valence-electron chi connectivity index (χ4n) is 6.90. The molecule has 0 aliphatic carbocycles. The number of nitrogens with one attached hydrogen (secondary N) is 1. The van der Waals surface area contributed by atoms with E-state index >= 15 is 0 Å². The first-order chi connectivity index (χ1) is 20.0. The normalized spacial score (nSPS) is 21.8. The standard InChI is InChI=1S/C33H40FN3O4/c1-2-27-28-20-24(34)10-11-29(28)35-30(27)32(39)36-16-13-33(14-17-36)12-3-4-18-40-21-25-8-6-15-37(25)31(38)23-7-5-9-26(19-23)41-22-33/h5,7,9-11,19-20,25,35H,2-4,6,8,12-18,21-22H2,1H3/t25-/m0/s1. The minimum Gasteiger partial charge on any atom is -0.493 e. The molecule has 7 nitrogen and oxygen atoms in total. The molecule has 2 fully saturated rings. The molecule has 0 saturated carbocycles. The number of aromatic nitrogens is 1. The first kappa shape index (κ1) is 27.8. The summed E-state index contributed by atoms with van der Waals surface area (Å²) in [5, 5.41) is 0.780. The number of carbonyl (C=O) groups is 2. The molecule has 0 radical (unpaired) electrons. The lowest BCUT2D eigenvalue weighted by Crippen LogP contribution is -2.45. The van der Waals surface area contributed by atoms with Gasteiger partial charge in [0.15, 0.2) is 0 Å². The van der Waals surface area contributed by atoms with Crippen LogP contribution in [0.1, 0.15) is 78.3 Å². The number of likely N-dealkylation sites (tertiary alicyclic amines) is 1. The van der Waals surface area contributed by atoms with Gasteiger partial charge in [-0.3, -0.25) is 9.59 Å². The molecule has 1 spiro atoms. The van der Waals surface area contributed by atoms with Crippen molar-refractivity contribution >= 4 is 22.7 Å². The highest BCUT2D eigenvalue weighted by atomic mass is 19.1. The lowest BCUT2D eigenvalue weighted by molar-refractivity contribution is 0.0329. The Balaban J connectivity index is 1.18. The zero-order chi connectivity index (χ0) is 28.4. The molecular formula is C33H40FN3O4. The van der Waals surface area contributed by atoms with Gasteiger partial charge in [0.25, 0.3) is 11.8 Å². The van der Waals surface area contributed by atoms with Gasteiger partial charge in [-0.1, -0.05) is 19.4 Å². The largest absolute Gasteiger partial charge is 0.493 e. The molecule has 2 saturated heterocycles. The van der Waals surface area contributed by atoms with Gasteiger partial charge in [0.05, 0.1) is 19.3 Å². The summed E-state index contributed by atoms with van der Waals surface area (Å²) < 4.78 is 26.4. The zero-order valence-corrected chi connectivity index (χ0v) is 23.9. The van der Waals surface area contributed by atoms with Crippen LogP contribution in [0.5, 0.6) is 5.75 Å². The number of hydrogen-bond acceptors (Lipinski definition) is 4. The van der Waals surface area contributed by atoms with Crippen LogP contribution >= 0.6 is 0 Å². The number of benzene rings is 2. The van der Waals surface area contributed by atoms with Gasteiger partial charge in [-0.15, -0.1) is 0 Å². The number of nitrogens with zero attached hydrogens (tertiary/aromatic N) is 2. The first-order valence-corrected chi connectivity index (χ1v) is 15.2. The average molecular weight is 562 g/mol. The number of ether oxygens (including phenoxy) is 2. The second-order valence-electron chi connectivity index (χ2n) is 12.0. The lowest BCUT2D eigenvalue weighted by atomic mass is 9.75. The van der Waals surface area contributed by atoms with Crippen molar-refractivity contribution in [3.8, 4) is 5.75 Å². The van der Waals surface area contributed by atoms with Crippen LogP contribution in [0.2, 0.25) is 0 Å². The molecule has 2 amide bonds. The van der Waals surface area contributed by atoms with Gasteiger partial charge in [-0.2, -0.15) is 0 Å². The Morgan fingerprint density at radius 2 is 1.93 bits per heavy atom. The molecule has 0 unspecified atom stereocenters. The average Bonchev–Trinajstić information content (AvgIpc) is 3.61. The van der Waals surface area contributed by atoms with Crippen molar-refractivity contribution in [1.82, 2.24) is 14.8 Å². The second-order valence-corrected chi connectivity index (χ2v) is 12.0. The second kappa shape index (κ2) is 11.8. The molecule has 2 bridgehead atoms. The van der Waals surface area contributed by atoms with E-state index in [-0.39, 0.29) is 29.1 Å². The van der Waals surface area contributed by atoms with Crippen molar-refractivity contribution < 1.29 is 23.5 Å². The number of aromatic amines is 1. The Bertz CT molecular complexity index is 1410. The SMILES string of the molecule is CCc1c(C(=O)N2CCC3(CCCCOC[C@@H]4CCCN4C(=O)c4cccc(c4)OC3)CC2)[nH]c2ccc(F)cc12. The predicted molar refractivity (Wildman–Crippen MR) is 156 cm³/mol. The third-order valence-electron chi connectivity index (χ3n) is 9.37. The van der Waals surface area contributed by atoms with Gasteiger partial charge in [0, 0.05) is 48.1 Å². The third kappa shape index (κ3) is 5.71. The van der Waals surface area contributed by atoms with Gasteiger partial charge in [-0.05, 0) is 86.9 Å². The number of aryl methyl sites for hydroxylation is 1. The summed E-state index contributed by atoms with van der Waals surface area (Å²) in [6, 6.07) is 12.3. The van der Waals surface area contributed by atoms with E-state index in [0.717, 1.165) is 68.0 Å². The number of amides is 2. The number of halogens is 1. The van der Waals surface area contributed by atoms with Crippen LogP contribution < -0.4 is 4.74 Å². The van der Waals surface area contributed by atoms with Gasteiger partial charge >= 0.3 is 0 Å². The molecule has 2 aromatic carbocycles. The molecular weight excluding hydrogens is 521 g/mol. The van der Waals surface area contributed by atoms with E-state index in [4.69, 9.17) is 9.47 Å². The van der Waals surface area contributed by atoms with Crippen LogP contribution in [-0.2, 0) is 11.2 Å². The van der Waals surface area contributed by atoms with Crippen LogP contribution in [0.4, 0.5) is 4.39 Å². The summed E-state index contributed by atoms with van der Waals surface area (Å²) in [6.45, 7) is 5.87. The Labute approximate surface area is 241 Å². The minimum absolute atomic E-state index is 0.0217. The number of hydrogen-bond donors (Lipinski definition) is 1. The van der Waals surface area contributed by atoms with E-state index in [1.807, 2.05) is 41.0 Å². The Morgan fingerprint density at radius 3 is 2.76 bits per heavy atom. The Kier molecular flexibility index (Phi) is 8.02. The Hall–Kier alpha value is -3.39. The fourth-order valence-corrected chi connectivity index (χ4v) is 6.90. The van der Waals surface area contributed by atoms with Crippen molar-refractivity contribution in [2.45, 2.75) is 64.3 Å². The van der Waals surface area contributed by atoms with E-state index in [0.29, 0.717) is 56.3 Å². The molecule has 3 aliphatic rings. The monoisotopic (exact) mass is 561 g/mol. The molecule has 3 aliphatic heterocycles. The van der Waals surface area contributed by atoms with Crippen LogP contribution in [-0.4, -0.2) is 72.1 Å². The van der Waals surface area contributed by atoms with E-state index in [2.05, 4.69) is 4.98 Å². The van der Waals surface area contributed by atoms with Crippen molar-refractivity contribution in [2.75, 3.05) is 39.5 Å². The van der Waals surface area contributed by atoms with Crippen LogP contribution in [0.15, 0.2) is 42.5 Å². The molecule has 3 aromatic rings. The predicted octanol–water partition coefficient (Wildman–Crippen LogP) is 5.98. The van der Waals surface area contributed by atoms with Gasteiger partial charge in [0.1, 0.15) is 17.3 Å². The van der Waals surface area contributed by atoms with Crippen molar-refractivity contribution in [3.63, 3.8) is 0 Å². The van der Waals surface area contributed by atoms with Crippen LogP contribution in [0.25, 0.3) is 10.9 Å². The summed E-state index contributed by atoms with van der Waals surface area (Å²) in [6.07, 6.45) is 7.31. The highest BCUT2D eigenvalue weighted by Gasteiger charge is 2.38. The minimum atomic E-state index is -0.296. The van der Waals surface area contributed by atoms with Crippen molar-refractivity contribution in [2.24, 2.45) is 5.41 Å². The maximum absolute atomic E-state index is 13.9. The lowest BCUT2D eigenvalue weighted by Gasteiger charge is -2.42. The maximum atomic E-state index is 13.9. The number of H-pyrrole nitrogens is 1. The summed E-state index contributed by atoms with van der Waals surface area (Å²) in [5.74, 6) is 0.444. The summed E-state index contributed by atoms with van der Waals surface area (Å²) in [7, 11) is 0. The van der Waals surface area contributed by atoms with Crippen molar-refractivity contribution in [3.05, 3.63) is 65.1 Å². The van der Waals surface area contributed by atoms with Crippen LogP contribution in [0.3, 0.4) is 0 Å². The molecule has 218 valence electrons. The number of fused-ring (bicyclic) bond motifs is 4. The summed E-state index contributed by atoms with van der Waals surface area (Å²) >= 11 is 0. The fraction of sp³-hybridized carbons (Fsp3) is 0.515. The van der Waals surface area contributed by atoms with Crippen LogP contribution in [0, 0.1) is 11.2 Å². The summed E-state index contributed by atoms with van der Waals surface area (Å²) in [5.41, 5.74) is 2.83. The van der Waals surface area contributed by atoms with E-state index < -0.39 is 0 Å². The third-order valence-corrected chi connectivity index (χ3v) is 9.37. The zero-order valence-electron chi connectivity index (χ0n) is 23.9. The smallest absolute Gasteiger partial charge is 0.270 e. The maximum Gasteiger partial charge on any atom is 0.270 e. The Morgan fingerprint density at radius 1 is 1.07 bits per heavy atom. The molecule has 1 N–H and O–H groups in total. The number of rotatable bonds is 2.